The van der Waals surface area contributed by atoms with E-state index in [2.05, 4.69) is 28.1 Å². The number of nitrogens with two attached hydrogens (primary N) is 1. The van der Waals surface area contributed by atoms with Crippen LogP contribution in [-0.4, -0.2) is 18.1 Å². The molecule has 0 atom stereocenters. The first-order chi connectivity index (χ1) is 9.81. The van der Waals surface area contributed by atoms with Crippen LogP contribution in [0.1, 0.15) is 25.7 Å². The number of nitrogens with zero attached hydrogens (tertiary/aromatic N) is 2. The zero-order chi connectivity index (χ0) is 13.5. The Kier molecular flexibility index (Phi) is 2.79. The number of rotatable bonds is 5. The Bertz CT molecular complexity index is 615. The van der Waals surface area contributed by atoms with Crippen LogP contribution in [0.3, 0.4) is 0 Å². The van der Waals surface area contributed by atoms with Crippen LogP contribution in [0.15, 0.2) is 30.5 Å². The molecule has 0 amide bonds. The molecule has 104 valence electrons. The second-order valence-corrected chi connectivity index (χ2v) is 6.36. The van der Waals surface area contributed by atoms with Crippen LogP contribution in [0.2, 0.25) is 0 Å². The van der Waals surface area contributed by atoms with Gasteiger partial charge in [0, 0.05) is 24.7 Å². The molecule has 2 saturated carbocycles. The molecule has 2 aliphatic carbocycles. The minimum absolute atomic E-state index is 0.887. The Balaban J connectivity index is 1.71. The smallest absolute Gasteiger partial charge is 0.0724 e. The summed E-state index contributed by atoms with van der Waals surface area (Å²) in [5, 5.41) is 1.08. The molecule has 3 heteroatoms. The summed E-state index contributed by atoms with van der Waals surface area (Å²) >= 11 is 0. The van der Waals surface area contributed by atoms with E-state index in [4.69, 9.17) is 5.73 Å². The van der Waals surface area contributed by atoms with Gasteiger partial charge in [0.25, 0.3) is 0 Å². The topological polar surface area (TPSA) is 42.1 Å². The minimum Gasteiger partial charge on any atom is -0.396 e. The van der Waals surface area contributed by atoms with Gasteiger partial charge in [-0.1, -0.05) is 0 Å². The lowest BCUT2D eigenvalue weighted by Crippen LogP contribution is -2.28. The van der Waals surface area contributed by atoms with Crippen molar-refractivity contribution in [1.82, 2.24) is 4.98 Å². The third-order valence-corrected chi connectivity index (χ3v) is 4.50. The van der Waals surface area contributed by atoms with Crippen molar-refractivity contribution in [3.8, 4) is 0 Å². The van der Waals surface area contributed by atoms with E-state index in [0.29, 0.717) is 0 Å². The molecule has 4 rings (SSSR count). The average molecular weight is 267 g/mol. The quantitative estimate of drug-likeness (QED) is 0.844. The summed E-state index contributed by atoms with van der Waals surface area (Å²) in [7, 11) is 0. The van der Waals surface area contributed by atoms with Crippen molar-refractivity contribution in [2.75, 3.05) is 23.7 Å². The molecular formula is C17H21N3. The molecule has 1 aromatic heterocycles. The van der Waals surface area contributed by atoms with Gasteiger partial charge in [0.05, 0.1) is 16.9 Å². The molecule has 20 heavy (non-hydrogen) atoms. The fraction of sp³-hybridized carbons (Fsp3) is 0.471. The summed E-state index contributed by atoms with van der Waals surface area (Å²) in [5.74, 6) is 1.77. The van der Waals surface area contributed by atoms with E-state index in [9.17, 15) is 0 Å². The van der Waals surface area contributed by atoms with Crippen molar-refractivity contribution in [1.29, 1.82) is 0 Å². The third-order valence-electron chi connectivity index (χ3n) is 4.50. The lowest BCUT2D eigenvalue weighted by molar-refractivity contribution is 0.680. The third kappa shape index (κ3) is 2.33. The van der Waals surface area contributed by atoms with Gasteiger partial charge in [-0.2, -0.15) is 0 Å². The summed E-state index contributed by atoms with van der Waals surface area (Å²) in [4.78, 5) is 6.92. The highest BCUT2D eigenvalue weighted by atomic mass is 15.1. The highest BCUT2D eigenvalue weighted by Crippen LogP contribution is 2.38. The number of fused-ring (bicyclic) bond motifs is 1. The number of nitrogen functional groups attached to an aromatic ring is 1. The summed E-state index contributed by atoms with van der Waals surface area (Å²) in [6.07, 6.45) is 7.37. The monoisotopic (exact) mass is 267 g/mol. The van der Waals surface area contributed by atoms with Gasteiger partial charge in [-0.3, -0.25) is 4.98 Å². The molecule has 2 N–H and O–H groups in total. The van der Waals surface area contributed by atoms with Crippen molar-refractivity contribution in [3.05, 3.63) is 30.5 Å². The fourth-order valence-corrected chi connectivity index (χ4v) is 2.93. The van der Waals surface area contributed by atoms with Gasteiger partial charge in [0.1, 0.15) is 0 Å². The molecule has 0 radical (unpaired) electrons. The zero-order valence-electron chi connectivity index (χ0n) is 11.8. The Morgan fingerprint density at radius 1 is 1.05 bits per heavy atom. The maximum Gasteiger partial charge on any atom is 0.0724 e. The average Bonchev–Trinajstić information content (AvgIpc) is 3.35. The van der Waals surface area contributed by atoms with Crippen LogP contribution >= 0.6 is 0 Å². The van der Waals surface area contributed by atoms with Crippen LogP contribution in [0, 0.1) is 11.8 Å². The number of anilines is 2. The number of benzene rings is 1. The second-order valence-electron chi connectivity index (χ2n) is 6.36. The van der Waals surface area contributed by atoms with Crippen molar-refractivity contribution >= 4 is 22.3 Å². The first-order valence-electron chi connectivity index (χ1n) is 7.69. The molecule has 3 nitrogen and oxygen atoms in total. The number of hydrogen-bond donors (Lipinski definition) is 1. The van der Waals surface area contributed by atoms with E-state index < -0.39 is 0 Å². The molecule has 0 saturated heterocycles. The van der Waals surface area contributed by atoms with Gasteiger partial charge in [0.15, 0.2) is 0 Å². The first kappa shape index (κ1) is 12.0. The Morgan fingerprint density at radius 3 is 2.40 bits per heavy atom. The summed E-state index contributed by atoms with van der Waals surface area (Å²) < 4.78 is 0. The highest BCUT2D eigenvalue weighted by Gasteiger charge is 2.30. The molecule has 1 heterocycles. The van der Waals surface area contributed by atoms with E-state index in [1.807, 2.05) is 12.3 Å². The predicted octanol–water partition coefficient (Wildman–Crippen LogP) is 3.44. The SMILES string of the molecule is Nc1c(N(CC2CC2)CC2CC2)ccc2ncccc12. The summed E-state index contributed by atoms with van der Waals surface area (Å²) in [5.41, 5.74) is 9.53. The van der Waals surface area contributed by atoms with Crippen LogP contribution in [0.5, 0.6) is 0 Å². The molecule has 1 aromatic carbocycles. The lowest BCUT2D eigenvalue weighted by Gasteiger charge is -2.27. The number of hydrogen-bond acceptors (Lipinski definition) is 3. The minimum atomic E-state index is 0.887. The predicted molar refractivity (Wildman–Crippen MR) is 83.8 cm³/mol. The maximum atomic E-state index is 6.43. The molecule has 2 fully saturated rings. The van der Waals surface area contributed by atoms with Crippen LogP contribution in [0.25, 0.3) is 10.9 Å². The molecule has 0 aliphatic heterocycles. The fourth-order valence-electron chi connectivity index (χ4n) is 2.93. The molecular weight excluding hydrogens is 246 g/mol. The van der Waals surface area contributed by atoms with E-state index in [1.165, 1.54) is 44.5 Å². The molecule has 2 aliphatic rings. The van der Waals surface area contributed by atoms with Gasteiger partial charge in [-0.05, 0) is 61.8 Å². The molecule has 0 spiro atoms. The van der Waals surface area contributed by atoms with Crippen LogP contribution in [0.4, 0.5) is 11.4 Å². The van der Waals surface area contributed by atoms with Crippen molar-refractivity contribution in [3.63, 3.8) is 0 Å². The lowest BCUT2D eigenvalue weighted by atomic mass is 10.1. The molecule has 0 bridgehead atoms. The van der Waals surface area contributed by atoms with Gasteiger partial charge in [-0.15, -0.1) is 0 Å². The summed E-state index contributed by atoms with van der Waals surface area (Å²) in [6.45, 7) is 2.35. The van der Waals surface area contributed by atoms with E-state index >= 15 is 0 Å². The van der Waals surface area contributed by atoms with Gasteiger partial charge < -0.3 is 10.6 Å². The van der Waals surface area contributed by atoms with Crippen molar-refractivity contribution < 1.29 is 0 Å². The van der Waals surface area contributed by atoms with Gasteiger partial charge >= 0.3 is 0 Å². The van der Waals surface area contributed by atoms with Gasteiger partial charge in [-0.25, -0.2) is 0 Å². The normalized spacial score (nSPS) is 18.4. The maximum absolute atomic E-state index is 6.43. The standard InChI is InChI=1S/C17H21N3/c18-17-14-2-1-9-19-15(14)7-8-16(17)20(10-12-3-4-12)11-13-5-6-13/h1-2,7-9,12-13H,3-6,10-11,18H2. The largest absolute Gasteiger partial charge is 0.396 e. The Morgan fingerprint density at radius 2 is 1.75 bits per heavy atom. The highest BCUT2D eigenvalue weighted by molar-refractivity contribution is 5.97. The van der Waals surface area contributed by atoms with Crippen LogP contribution in [-0.2, 0) is 0 Å². The van der Waals surface area contributed by atoms with E-state index in [0.717, 1.165) is 28.4 Å². The Hall–Kier alpha value is -1.77. The first-order valence-corrected chi connectivity index (χ1v) is 7.69. The van der Waals surface area contributed by atoms with Crippen LogP contribution < -0.4 is 10.6 Å². The zero-order valence-corrected chi connectivity index (χ0v) is 11.8. The van der Waals surface area contributed by atoms with Crippen molar-refractivity contribution in [2.45, 2.75) is 25.7 Å². The Labute approximate surface area is 119 Å². The molecule has 2 aromatic rings. The van der Waals surface area contributed by atoms with Crippen molar-refractivity contribution in [2.24, 2.45) is 11.8 Å². The number of pyridine rings is 1. The summed E-state index contributed by atoms with van der Waals surface area (Å²) in [6, 6.07) is 8.31. The number of aromatic nitrogens is 1. The van der Waals surface area contributed by atoms with E-state index in [1.54, 1.807) is 0 Å². The van der Waals surface area contributed by atoms with E-state index in [-0.39, 0.29) is 0 Å². The second kappa shape index (κ2) is 4.65. The molecule has 0 unspecified atom stereocenters. The van der Waals surface area contributed by atoms with Gasteiger partial charge in [0.2, 0.25) is 0 Å².